The fourth-order valence-electron chi connectivity index (χ4n) is 1.68. The predicted molar refractivity (Wildman–Crippen MR) is 68.0 cm³/mol. The lowest BCUT2D eigenvalue weighted by Crippen LogP contribution is -2.17. The first-order valence-corrected chi connectivity index (χ1v) is 5.77. The smallest absolute Gasteiger partial charge is 0.342 e. The third-order valence-electron chi connectivity index (χ3n) is 2.78. The van der Waals surface area contributed by atoms with Crippen LogP contribution in [-0.2, 0) is 0 Å². The number of benzene rings is 1. The van der Waals surface area contributed by atoms with Crippen LogP contribution in [0.1, 0.15) is 37.0 Å². The number of anilines is 1. The topological polar surface area (TPSA) is 92.5 Å². The van der Waals surface area contributed by atoms with Crippen molar-refractivity contribution in [2.24, 2.45) is 0 Å². The summed E-state index contributed by atoms with van der Waals surface area (Å²) in [4.78, 5) is 21.0. The van der Waals surface area contributed by atoms with Gasteiger partial charge < -0.3 is 10.4 Å². The van der Waals surface area contributed by atoms with Crippen molar-refractivity contribution in [3.63, 3.8) is 0 Å². The summed E-state index contributed by atoms with van der Waals surface area (Å²) >= 11 is 0. The van der Waals surface area contributed by atoms with E-state index in [-0.39, 0.29) is 11.6 Å². The maximum absolute atomic E-state index is 11.0. The van der Waals surface area contributed by atoms with Crippen LogP contribution in [0.25, 0.3) is 0 Å². The molecule has 98 valence electrons. The van der Waals surface area contributed by atoms with Gasteiger partial charge in [0.15, 0.2) is 0 Å². The fourth-order valence-corrected chi connectivity index (χ4v) is 1.68. The fraction of sp³-hybridized carbons (Fsp3) is 0.417. The Hall–Kier alpha value is -2.11. The lowest BCUT2D eigenvalue weighted by molar-refractivity contribution is -0.385. The van der Waals surface area contributed by atoms with Gasteiger partial charge in [0.25, 0.3) is 5.69 Å². The molecule has 0 bridgehead atoms. The number of carboxylic acids is 1. The second-order valence-corrected chi connectivity index (χ2v) is 3.95. The highest BCUT2D eigenvalue weighted by molar-refractivity contribution is 5.93. The second-order valence-electron chi connectivity index (χ2n) is 3.95. The van der Waals surface area contributed by atoms with Crippen molar-refractivity contribution in [2.75, 3.05) is 5.32 Å². The van der Waals surface area contributed by atoms with Crippen molar-refractivity contribution in [1.82, 2.24) is 0 Å². The molecular formula is C12H16N2O4. The molecule has 18 heavy (non-hydrogen) atoms. The molecule has 0 fully saturated rings. The second kappa shape index (κ2) is 6.00. The maximum Gasteiger partial charge on any atom is 0.342 e. The largest absolute Gasteiger partial charge is 0.477 e. The van der Waals surface area contributed by atoms with Gasteiger partial charge in [0.1, 0.15) is 5.56 Å². The molecule has 0 aliphatic heterocycles. The third kappa shape index (κ3) is 3.19. The molecule has 0 aliphatic carbocycles. The molecule has 0 heterocycles. The Labute approximate surface area is 105 Å². The van der Waals surface area contributed by atoms with Gasteiger partial charge in [0, 0.05) is 17.8 Å². The van der Waals surface area contributed by atoms with Crippen LogP contribution < -0.4 is 5.32 Å². The van der Waals surface area contributed by atoms with Gasteiger partial charge >= 0.3 is 5.97 Å². The van der Waals surface area contributed by atoms with Gasteiger partial charge in [0.05, 0.1) is 4.92 Å². The van der Waals surface area contributed by atoms with Crippen molar-refractivity contribution >= 4 is 17.3 Å². The van der Waals surface area contributed by atoms with Gasteiger partial charge in [-0.3, -0.25) is 10.1 Å². The van der Waals surface area contributed by atoms with Gasteiger partial charge in [-0.25, -0.2) is 4.79 Å². The zero-order valence-electron chi connectivity index (χ0n) is 10.3. The molecule has 0 radical (unpaired) electrons. The number of carbonyl (C=O) groups is 1. The van der Waals surface area contributed by atoms with E-state index in [2.05, 4.69) is 5.32 Å². The quantitative estimate of drug-likeness (QED) is 0.599. The van der Waals surface area contributed by atoms with Crippen LogP contribution in [0.15, 0.2) is 18.2 Å². The highest BCUT2D eigenvalue weighted by Crippen LogP contribution is 2.23. The lowest BCUT2D eigenvalue weighted by Gasteiger charge is -2.16. The molecule has 0 saturated heterocycles. The molecule has 1 aromatic carbocycles. The molecule has 1 aromatic rings. The molecule has 0 aliphatic rings. The van der Waals surface area contributed by atoms with Crippen molar-refractivity contribution in [3.05, 3.63) is 33.9 Å². The first kappa shape index (κ1) is 14.0. The minimum Gasteiger partial charge on any atom is -0.477 e. The molecular weight excluding hydrogens is 236 g/mol. The van der Waals surface area contributed by atoms with E-state index >= 15 is 0 Å². The van der Waals surface area contributed by atoms with Crippen molar-refractivity contribution in [1.29, 1.82) is 0 Å². The highest BCUT2D eigenvalue weighted by atomic mass is 16.6. The predicted octanol–water partition coefficient (Wildman–Crippen LogP) is 2.89. The Kier molecular flexibility index (Phi) is 4.65. The summed E-state index contributed by atoms with van der Waals surface area (Å²) in [5, 5.41) is 22.8. The standard InChI is InChI=1S/C12H16N2O4/c1-3-8(4-2)13-9-5-6-11(14(17)18)10(7-9)12(15)16/h5-8,13H,3-4H2,1-2H3,(H,15,16). The van der Waals surface area contributed by atoms with E-state index in [9.17, 15) is 14.9 Å². The Morgan fingerprint density at radius 2 is 2.06 bits per heavy atom. The van der Waals surface area contributed by atoms with E-state index in [1.165, 1.54) is 18.2 Å². The Balaban J connectivity index is 3.07. The van der Waals surface area contributed by atoms with E-state index in [4.69, 9.17) is 5.11 Å². The molecule has 6 heteroatoms. The summed E-state index contributed by atoms with van der Waals surface area (Å²) < 4.78 is 0. The summed E-state index contributed by atoms with van der Waals surface area (Å²) in [5.74, 6) is -1.30. The van der Waals surface area contributed by atoms with Gasteiger partial charge in [-0.1, -0.05) is 13.8 Å². The molecule has 6 nitrogen and oxygen atoms in total. The molecule has 0 saturated carbocycles. The van der Waals surface area contributed by atoms with Gasteiger partial charge in [-0.05, 0) is 25.0 Å². The minimum atomic E-state index is -1.30. The number of carboxylic acid groups (broad SMARTS) is 1. The summed E-state index contributed by atoms with van der Waals surface area (Å²) in [7, 11) is 0. The van der Waals surface area contributed by atoms with Crippen molar-refractivity contribution in [3.8, 4) is 0 Å². The Morgan fingerprint density at radius 3 is 2.50 bits per heavy atom. The monoisotopic (exact) mass is 252 g/mol. The molecule has 0 atom stereocenters. The van der Waals surface area contributed by atoms with Crippen LogP contribution in [0.3, 0.4) is 0 Å². The summed E-state index contributed by atoms with van der Waals surface area (Å²) in [6.07, 6.45) is 1.80. The first-order valence-electron chi connectivity index (χ1n) is 5.77. The zero-order valence-corrected chi connectivity index (χ0v) is 10.3. The van der Waals surface area contributed by atoms with Gasteiger partial charge in [-0.15, -0.1) is 0 Å². The van der Waals surface area contributed by atoms with Crippen LogP contribution in [0.5, 0.6) is 0 Å². The average molecular weight is 252 g/mol. The number of nitro benzene ring substituents is 1. The lowest BCUT2D eigenvalue weighted by atomic mass is 10.1. The molecule has 0 spiro atoms. The normalized spacial score (nSPS) is 10.4. The van der Waals surface area contributed by atoms with E-state index in [0.29, 0.717) is 5.69 Å². The number of aromatic carboxylic acids is 1. The van der Waals surface area contributed by atoms with Gasteiger partial charge in [0.2, 0.25) is 0 Å². The van der Waals surface area contributed by atoms with Crippen LogP contribution in [-0.4, -0.2) is 22.0 Å². The summed E-state index contributed by atoms with van der Waals surface area (Å²) in [6.45, 7) is 4.04. The van der Waals surface area contributed by atoms with Crippen LogP contribution in [0.4, 0.5) is 11.4 Å². The number of hydrogen-bond donors (Lipinski definition) is 2. The summed E-state index contributed by atoms with van der Waals surface area (Å²) in [6, 6.07) is 4.28. The van der Waals surface area contributed by atoms with Crippen LogP contribution in [0, 0.1) is 10.1 Å². The van der Waals surface area contributed by atoms with Crippen molar-refractivity contribution < 1.29 is 14.8 Å². The summed E-state index contributed by atoms with van der Waals surface area (Å²) in [5.41, 5.74) is -0.0970. The van der Waals surface area contributed by atoms with Crippen LogP contribution in [0.2, 0.25) is 0 Å². The minimum absolute atomic E-state index is 0.230. The van der Waals surface area contributed by atoms with Gasteiger partial charge in [-0.2, -0.15) is 0 Å². The third-order valence-corrected chi connectivity index (χ3v) is 2.78. The number of nitro groups is 1. The first-order chi connectivity index (χ1) is 8.49. The molecule has 2 N–H and O–H groups in total. The number of nitrogens with one attached hydrogen (secondary N) is 1. The highest BCUT2D eigenvalue weighted by Gasteiger charge is 2.20. The van der Waals surface area contributed by atoms with E-state index in [1.54, 1.807) is 0 Å². The molecule has 0 unspecified atom stereocenters. The molecule has 0 aromatic heterocycles. The Morgan fingerprint density at radius 1 is 1.44 bits per heavy atom. The SMILES string of the molecule is CCC(CC)Nc1ccc([N+](=O)[O-])c(C(=O)O)c1. The Bertz CT molecular complexity index is 455. The van der Waals surface area contributed by atoms with Crippen molar-refractivity contribution in [2.45, 2.75) is 32.7 Å². The zero-order chi connectivity index (χ0) is 13.7. The average Bonchev–Trinajstić information content (AvgIpc) is 2.35. The van der Waals surface area contributed by atoms with E-state index in [1.807, 2.05) is 13.8 Å². The van der Waals surface area contributed by atoms with E-state index < -0.39 is 16.6 Å². The number of nitrogens with zero attached hydrogens (tertiary/aromatic N) is 1. The number of rotatable bonds is 6. The number of hydrogen-bond acceptors (Lipinski definition) is 4. The van der Waals surface area contributed by atoms with Crippen LogP contribution >= 0.6 is 0 Å². The molecule has 0 amide bonds. The van der Waals surface area contributed by atoms with E-state index in [0.717, 1.165) is 12.8 Å². The molecule has 1 rings (SSSR count). The maximum atomic E-state index is 11.0.